The lowest BCUT2D eigenvalue weighted by Gasteiger charge is -2.18. The number of benzene rings is 2. The molecule has 2 nitrogen and oxygen atoms in total. The van der Waals surface area contributed by atoms with Crippen LogP contribution in [-0.4, -0.2) is 14.2 Å². The largest absolute Gasteiger partial charge is 0.496 e. The Morgan fingerprint density at radius 1 is 1.16 bits per heavy atom. The second-order valence-corrected chi connectivity index (χ2v) is 5.28. The van der Waals surface area contributed by atoms with Crippen molar-refractivity contribution in [3.63, 3.8) is 0 Å². The Balaban J connectivity index is 2.20. The summed E-state index contributed by atoms with van der Waals surface area (Å²) in [4.78, 5) is 0. The first kappa shape index (κ1) is 14.1. The molecule has 0 bridgehead atoms. The van der Waals surface area contributed by atoms with Gasteiger partial charge in [-0.25, -0.2) is 0 Å². The zero-order valence-corrected chi connectivity index (χ0v) is 12.8. The zero-order chi connectivity index (χ0) is 13.7. The second kappa shape index (κ2) is 6.73. The summed E-state index contributed by atoms with van der Waals surface area (Å²) in [6.45, 7) is 0. The molecule has 3 heteroatoms. The Kier molecular flexibility index (Phi) is 5.00. The molecule has 1 atom stereocenters. The van der Waals surface area contributed by atoms with E-state index in [1.165, 1.54) is 11.1 Å². The van der Waals surface area contributed by atoms with E-state index >= 15 is 0 Å². The molecule has 2 aromatic rings. The molecule has 1 unspecified atom stereocenters. The Morgan fingerprint density at radius 2 is 1.89 bits per heavy atom. The fraction of sp³-hybridized carbons (Fsp3) is 0.250. The predicted octanol–water partition coefficient (Wildman–Crippen LogP) is 3.96. The molecule has 2 rings (SSSR count). The van der Waals surface area contributed by atoms with E-state index in [9.17, 15) is 0 Å². The van der Waals surface area contributed by atoms with Crippen LogP contribution in [-0.2, 0) is 6.42 Å². The fourth-order valence-electron chi connectivity index (χ4n) is 2.14. The van der Waals surface area contributed by atoms with E-state index in [2.05, 4.69) is 57.6 Å². The van der Waals surface area contributed by atoms with Gasteiger partial charge in [-0.15, -0.1) is 0 Å². The lowest BCUT2D eigenvalue weighted by molar-refractivity contribution is 0.411. The van der Waals surface area contributed by atoms with Crippen LogP contribution in [0.1, 0.15) is 17.2 Å². The first-order chi connectivity index (χ1) is 9.24. The minimum Gasteiger partial charge on any atom is -0.496 e. The SMILES string of the molecule is CNC(Cc1ccccc1)c1ccc(OC)c(Br)c1. The molecule has 0 spiro atoms. The van der Waals surface area contributed by atoms with Crippen LogP contribution >= 0.6 is 15.9 Å². The van der Waals surface area contributed by atoms with Crippen LogP contribution in [0, 0.1) is 0 Å². The van der Waals surface area contributed by atoms with Gasteiger partial charge in [0.2, 0.25) is 0 Å². The van der Waals surface area contributed by atoms with E-state index in [4.69, 9.17) is 4.74 Å². The Bertz CT molecular complexity index is 528. The van der Waals surface area contributed by atoms with Crippen molar-refractivity contribution in [2.75, 3.05) is 14.2 Å². The molecule has 100 valence electrons. The van der Waals surface area contributed by atoms with Crippen LogP contribution in [0.25, 0.3) is 0 Å². The molecule has 0 amide bonds. The van der Waals surface area contributed by atoms with Crippen LogP contribution in [0.4, 0.5) is 0 Å². The van der Waals surface area contributed by atoms with E-state index in [1.807, 2.05) is 19.2 Å². The topological polar surface area (TPSA) is 21.3 Å². The molecule has 0 saturated carbocycles. The minimum absolute atomic E-state index is 0.296. The van der Waals surface area contributed by atoms with Crippen LogP contribution in [0.3, 0.4) is 0 Å². The first-order valence-electron chi connectivity index (χ1n) is 6.29. The Hall–Kier alpha value is -1.32. The number of hydrogen-bond donors (Lipinski definition) is 1. The van der Waals surface area contributed by atoms with Gasteiger partial charge in [0, 0.05) is 6.04 Å². The first-order valence-corrected chi connectivity index (χ1v) is 7.08. The predicted molar refractivity (Wildman–Crippen MR) is 82.6 cm³/mol. The van der Waals surface area contributed by atoms with Crippen LogP contribution in [0.5, 0.6) is 5.75 Å². The van der Waals surface area contributed by atoms with E-state index in [-0.39, 0.29) is 0 Å². The highest BCUT2D eigenvalue weighted by molar-refractivity contribution is 9.10. The fourth-order valence-corrected chi connectivity index (χ4v) is 2.69. The number of nitrogens with one attached hydrogen (secondary N) is 1. The molecule has 0 aliphatic carbocycles. The standard InChI is InChI=1S/C16H18BrNO/c1-18-15(10-12-6-4-3-5-7-12)13-8-9-16(19-2)14(17)11-13/h3-9,11,15,18H,10H2,1-2H3. The summed E-state index contributed by atoms with van der Waals surface area (Å²) >= 11 is 3.54. The monoisotopic (exact) mass is 319 g/mol. The van der Waals surface area contributed by atoms with Gasteiger partial charge in [0.25, 0.3) is 0 Å². The van der Waals surface area contributed by atoms with Crippen molar-refractivity contribution in [3.8, 4) is 5.75 Å². The number of rotatable bonds is 5. The third-order valence-corrected chi connectivity index (χ3v) is 3.83. The Morgan fingerprint density at radius 3 is 2.47 bits per heavy atom. The molecular formula is C16H18BrNO. The number of hydrogen-bond acceptors (Lipinski definition) is 2. The molecule has 2 aromatic carbocycles. The van der Waals surface area contributed by atoms with Gasteiger partial charge in [-0.3, -0.25) is 0 Å². The van der Waals surface area contributed by atoms with Crippen molar-refractivity contribution in [1.29, 1.82) is 0 Å². The van der Waals surface area contributed by atoms with Crippen molar-refractivity contribution < 1.29 is 4.74 Å². The van der Waals surface area contributed by atoms with E-state index in [0.717, 1.165) is 16.6 Å². The maximum Gasteiger partial charge on any atom is 0.133 e. The number of ether oxygens (including phenoxy) is 1. The summed E-state index contributed by atoms with van der Waals surface area (Å²) in [6.07, 6.45) is 0.968. The average molecular weight is 320 g/mol. The van der Waals surface area contributed by atoms with Crippen LogP contribution in [0.2, 0.25) is 0 Å². The molecule has 0 heterocycles. The van der Waals surface area contributed by atoms with Gasteiger partial charge in [-0.1, -0.05) is 36.4 Å². The number of methoxy groups -OCH3 is 1. The van der Waals surface area contributed by atoms with Crippen LogP contribution < -0.4 is 10.1 Å². The molecular weight excluding hydrogens is 302 g/mol. The van der Waals surface area contributed by atoms with E-state index in [0.29, 0.717) is 6.04 Å². The summed E-state index contributed by atoms with van der Waals surface area (Å²) < 4.78 is 6.25. The highest BCUT2D eigenvalue weighted by Crippen LogP contribution is 2.29. The van der Waals surface area contributed by atoms with Crippen LogP contribution in [0.15, 0.2) is 53.0 Å². The van der Waals surface area contributed by atoms with Crippen molar-refractivity contribution >= 4 is 15.9 Å². The van der Waals surface area contributed by atoms with E-state index in [1.54, 1.807) is 7.11 Å². The maximum atomic E-state index is 5.26. The van der Waals surface area contributed by atoms with Crippen molar-refractivity contribution in [2.45, 2.75) is 12.5 Å². The van der Waals surface area contributed by atoms with Crippen molar-refractivity contribution in [2.24, 2.45) is 0 Å². The average Bonchev–Trinajstić information content (AvgIpc) is 2.46. The molecule has 0 saturated heterocycles. The smallest absolute Gasteiger partial charge is 0.133 e. The second-order valence-electron chi connectivity index (χ2n) is 4.42. The van der Waals surface area contributed by atoms with E-state index < -0.39 is 0 Å². The van der Waals surface area contributed by atoms with Gasteiger partial charge in [0.05, 0.1) is 11.6 Å². The van der Waals surface area contributed by atoms with Crippen molar-refractivity contribution in [3.05, 3.63) is 64.1 Å². The number of halogens is 1. The molecule has 0 aliphatic rings. The Labute approximate surface area is 122 Å². The molecule has 0 aliphatic heterocycles. The summed E-state index contributed by atoms with van der Waals surface area (Å²) in [5, 5.41) is 3.37. The molecule has 0 fully saturated rings. The molecule has 0 aromatic heterocycles. The van der Waals surface area contributed by atoms with Gasteiger partial charge in [-0.2, -0.15) is 0 Å². The lowest BCUT2D eigenvalue weighted by Crippen LogP contribution is -2.18. The quantitative estimate of drug-likeness (QED) is 0.900. The van der Waals surface area contributed by atoms with Gasteiger partial charge in [0.15, 0.2) is 0 Å². The minimum atomic E-state index is 0.296. The summed E-state index contributed by atoms with van der Waals surface area (Å²) in [5.41, 5.74) is 2.58. The summed E-state index contributed by atoms with van der Waals surface area (Å²) in [7, 11) is 3.67. The summed E-state index contributed by atoms with van der Waals surface area (Å²) in [6, 6.07) is 17.0. The summed E-state index contributed by atoms with van der Waals surface area (Å²) in [5.74, 6) is 0.860. The highest BCUT2D eigenvalue weighted by Gasteiger charge is 2.12. The zero-order valence-electron chi connectivity index (χ0n) is 11.2. The van der Waals surface area contributed by atoms with Gasteiger partial charge < -0.3 is 10.1 Å². The van der Waals surface area contributed by atoms with Gasteiger partial charge >= 0.3 is 0 Å². The third-order valence-electron chi connectivity index (χ3n) is 3.21. The highest BCUT2D eigenvalue weighted by atomic mass is 79.9. The van der Waals surface area contributed by atoms with Crippen molar-refractivity contribution in [1.82, 2.24) is 5.32 Å². The normalized spacial score (nSPS) is 12.2. The molecule has 1 N–H and O–H groups in total. The number of likely N-dealkylation sites (N-methyl/N-ethyl adjacent to an activating group) is 1. The third kappa shape index (κ3) is 3.58. The lowest BCUT2D eigenvalue weighted by atomic mass is 9.99. The molecule has 0 radical (unpaired) electrons. The van der Waals surface area contributed by atoms with Gasteiger partial charge in [-0.05, 0) is 52.7 Å². The maximum absolute atomic E-state index is 5.26. The molecule has 19 heavy (non-hydrogen) atoms. The van der Waals surface area contributed by atoms with Gasteiger partial charge in [0.1, 0.15) is 5.75 Å².